The molecule has 116 valence electrons. The second-order valence-electron chi connectivity index (χ2n) is 5.99. The zero-order chi connectivity index (χ0) is 17.0. The summed E-state index contributed by atoms with van der Waals surface area (Å²) in [5.74, 6) is 3.18. The van der Waals surface area contributed by atoms with Gasteiger partial charge < -0.3 is 4.98 Å². The first-order chi connectivity index (χ1) is 10.8. The highest BCUT2D eigenvalue weighted by atomic mass is 32.2. The van der Waals surface area contributed by atoms with E-state index in [2.05, 4.69) is 41.1 Å². The zero-order valence-electron chi connectivity index (χ0n) is 13.5. The van der Waals surface area contributed by atoms with Crippen LogP contribution in [0.4, 0.5) is 0 Å². The van der Waals surface area contributed by atoms with Crippen LogP contribution in [0.15, 0.2) is 34.2 Å². The Morgan fingerprint density at radius 2 is 1.87 bits per heavy atom. The summed E-state index contributed by atoms with van der Waals surface area (Å²) in [6.45, 7) is 6.58. The minimum Gasteiger partial charge on any atom is -0.300 e. The molecule has 6 heteroatoms. The molecule has 0 atom stereocenters. The average Bonchev–Trinajstić information content (AvgIpc) is 2.52. The van der Waals surface area contributed by atoms with Gasteiger partial charge in [0.15, 0.2) is 5.16 Å². The third kappa shape index (κ3) is 4.35. The number of nitriles is 1. The van der Waals surface area contributed by atoms with Crippen LogP contribution in [-0.4, -0.2) is 24.3 Å². The lowest BCUT2D eigenvalue weighted by atomic mass is 10.1. The molecule has 1 N–H and O–H groups in total. The van der Waals surface area contributed by atoms with E-state index in [0.29, 0.717) is 10.9 Å². The number of aromatic nitrogens is 2. The summed E-state index contributed by atoms with van der Waals surface area (Å²) in [4.78, 5) is 18.9. The third-order valence-electron chi connectivity index (χ3n) is 2.94. The van der Waals surface area contributed by atoms with E-state index in [4.69, 9.17) is 0 Å². The van der Waals surface area contributed by atoms with Gasteiger partial charge in [-0.3, -0.25) is 4.79 Å². The van der Waals surface area contributed by atoms with Crippen molar-refractivity contribution in [3.05, 3.63) is 45.7 Å². The summed E-state index contributed by atoms with van der Waals surface area (Å²) in [6, 6.07) is 9.42. The highest BCUT2D eigenvalue weighted by Gasteiger charge is 2.13. The van der Waals surface area contributed by atoms with E-state index >= 15 is 0 Å². The van der Waals surface area contributed by atoms with Gasteiger partial charge in [0.2, 0.25) is 0 Å². The summed E-state index contributed by atoms with van der Waals surface area (Å²) in [5.41, 5.74) is 4.99. The van der Waals surface area contributed by atoms with Gasteiger partial charge in [0.05, 0.1) is 5.69 Å². The molecule has 0 spiro atoms. The lowest BCUT2D eigenvalue weighted by Crippen LogP contribution is -2.16. The van der Waals surface area contributed by atoms with Crippen LogP contribution in [-0.2, 0) is 0 Å². The first kappa shape index (κ1) is 17.1. The maximum absolute atomic E-state index is 12.0. The van der Waals surface area contributed by atoms with Crippen LogP contribution < -0.4 is 5.56 Å². The van der Waals surface area contributed by atoms with Gasteiger partial charge in [0.1, 0.15) is 19.7 Å². The van der Waals surface area contributed by atoms with Gasteiger partial charge in [0, 0.05) is 11.1 Å². The van der Waals surface area contributed by atoms with Crippen LogP contribution >= 0.6 is 11.8 Å². The fourth-order valence-corrected chi connectivity index (χ4v) is 2.73. The maximum atomic E-state index is 12.0. The number of nitrogens with zero attached hydrogens (tertiary/aromatic N) is 2. The summed E-state index contributed by atoms with van der Waals surface area (Å²) < 4.78 is 0. The molecule has 0 aliphatic rings. The second-order valence-corrected chi connectivity index (χ2v) is 11.5. The normalized spacial score (nSPS) is 10.6. The predicted molar refractivity (Wildman–Crippen MR) is 97.0 cm³/mol. The smallest absolute Gasteiger partial charge is 0.270 e. The van der Waals surface area contributed by atoms with Gasteiger partial charge in [-0.25, -0.2) is 4.98 Å². The standard InChI is InChI=1S/C17H17N3OSSi/c1-22-17-19-15(14(11-18)16(21)20-17)13-7-5-12(6-8-13)9-10-23(2,3)4/h5-8H,1-4H3,(H,19,20,21). The number of H-pyrrole nitrogens is 1. The van der Waals surface area contributed by atoms with Crippen molar-refractivity contribution < 1.29 is 0 Å². The summed E-state index contributed by atoms with van der Waals surface area (Å²) in [6.07, 6.45) is 1.82. The van der Waals surface area contributed by atoms with Gasteiger partial charge in [-0.1, -0.05) is 49.5 Å². The van der Waals surface area contributed by atoms with E-state index in [9.17, 15) is 10.1 Å². The molecule has 0 aliphatic heterocycles. The monoisotopic (exact) mass is 339 g/mol. The summed E-state index contributed by atoms with van der Waals surface area (Å²) >= 11 is 1.33. The Hall–Kier alpha value is -2.28. The Balaban J connectivity index is 2.48. The summed E-state index contributed by atoms with van der Waals surface area (Å²) in [5, 5.41) is 9.71. The number of thioether (sulfide) groups is 1. The molecule has 2 rings (SSSR count). The minimum atomic E-state index is -1.42. The number of rotatable bonds is 2. The Morgan fingerprint density at radius 3 is 2.39 bits per heavy atom. The van der Waals surface area contributed by atoms with Crippen molar-refractivity contribution in [1.29, 1.82) is 5.26 Å². The topological polar surface area (TPSA) is 69.5 Å². The number of hydrogen-bond donors (Lipinski definition) is 1. The van der Waals surface area contributed by atoms with Gasteiger partial charge >= 0.3 is 0 Å². The van der Waals surface area contributed by atoms with Crippen molar-refractivity contribution in [2.45, 2.75) is 24.8 Å². The molecule has 4 nitrogen and oxygen atoms in total. The highest BCUT2D eigenvalue weighted by Crippen LogP contribution is 2.21. The van der Waals surface area contributed by atoms with E-state index in [0.717, 1.165) is 11.1 Å². The molecule has 0 unspecified atom stereocenters. The molecule has 0 aliphatic carbocycles. The van der Waals surface area contributed by atoms with E-state index in [1.54, 1.807) is 0 Å². The minimum absolute atomic E-state index is 0.0312. The Kier molecular flexibility index (Phi) is 5.10. The molecule has 1 aromatic carbocycles. The quantitative estimate of drug-likeness (QED) is 0.395. The van der Waals surface area contributed by atoms with Gasteiger partial charge in [-0.2, -0.15) is 5.26 Å². The molecule has 2 aromatic rings. The number of benzene rings is 1. The second kappa shape index (κ2) is 6.87. The molecular weight excluding hydrogens is 322 g/mol. The van der Waals surface area contributed by atoms with Crippen molar-refractivity contribution in [3.8, 4) is 28.8 Å². The van der Waals surface area contributed by atoms with Gasteiger partial charge in [0.25, 0.3) is 5.56 Å². The molecule has 0 fully saturated rings. The first-order valence-electron chi connectivity index (χ1n) is 7.06. The molecule has 0 amide bonds. The van der Waals surface area contributed by atoms with Crippen molar-refractivity contribution >= 4 is 19.8 Å². The fourth-order valence-electron chi connectivity index (χ4n) is 1.83. The van der Waals surface area contributed by atoms with E-state index < -0.39 is 13.6 Å². The van der Waals surface area contributed by atoms with Crippen LogP contribution in [0.5, 0.6) is 0 Å². The zero-order valence-corrected chi connectivity index (χ0v) is 15.3. The highest BCUT2D eigenvalue weighted by molar-refractivity contribution is 7.98. The van der Waals surface area contributed by atoms with E-state index in [1.165, 1.54) is 11.8 Å². The summed E-state index contributed by atoms with van der Waals surface area (Å²) in [7, 11) is -1.42. The SMILES string of the molecule is CSc1nc(-c2ccc(C#C[Si](C)(C)C)cc2)c(C#N)c(=O)[nH]1. The van der Waals surface area contributed by atoms with Gasteiger partial charge in [-0.05, 0) is 18.4 Å². The van der Waals surface area contributed by atoms with Crippen molar-refractivity contribution in [3.63, 3.8) is 0 Å². The van der Waals surface area contributed by atoms with Crippen LogP contribution in [0.3, 0.4) is 0 Å². The van der Waals surface area contributed by atoms with Crippen LogP contribution in [0.2, 0.25) is 19.6 Å². The largest absolute Gasteiger partial charge is 0.300 e. The first-order valence-corrected chi connectivity index (χ1v) is 11.8. The molecule has 1 heterocycles. The average molecular weight is 339 g/mol. The Bertz CT molecular complexity index is 878. The molecule has 23 heavy (non-hydrogen) atoms. The number of nitrogens with one attached hydrogen (secondary N) is 1. The van der Waals surface area contributed by atoms with Crippen molar-refractivity contribution in [2.75, 3.05) is 6.26 Å². The predicted octanol–water partition coefficient (Wildman–Crippen LogP) is 3.26. The fraction of sp³-hybridized carbons (Fsp3) is 0.235. The van der Waals surface area contributed by atoms with E-state index in [1.807, 2.05) is 36.6 Å². The number of hydrogen-bond acceptors (Lipinski definition) is 4. The van der Waals surface area contributed by atoms with Crippen molar-refractivity contribution in [2.24, 2.45) is 0 Å². The Morgan fingerprint density at radius 1 is 1.22 bits per heavy atom. The molecule has 1 aromatic heterocycles. The molecule has 0 saturated heterocycles. The third-order valence-corrected chi connectivity index (χ3v) is 4.40. The molecule has 0 bridgehead atoms. The van der Waals surface area contributed by atoms with Crippen LogP contribution in [0.25, 0.3) is 11.3 Å². The Labute approximate surface area is 141 Å². The van der Waals surface area contributed by atoms with Crippen LogP contribution in [0, 0.1) is 22.8 Å². The van der Waals surface area contributed by atoms with Crippen molar-refractivity contribution in [1.82, 2.24) is 9.97 Å². The molecule has 0 radical (unpaired) electrons. The van der Waals surface area contributed by atoms with E-state index in [-0.39, 0.29) is 5.56 Å². The molecule has 0 saturated carbocycles. The van der Waals surface area contributed by atoms with Gasteiger partial charge in [-0.15, -0.1) is 5.54 Å². The lowest BCUT2D eigenvalue weighted by Gasteiger charge is -2.06. The maximum Gasteiger partial charge on any atom is 0.270 e. The van der Waals surface area contributed by atoms with Crippen LogP contribution in [0.1, 0.15) is 11.1 Å². The molecular formula is C17H17N3OSSi. The lowest BCUT2D eigenvalue weighted by molar-refractivity contribution is 0.937. The number of aromatic amines is 1.